The Bertz CT molecular complexity index is 575. The second kappa shape index (κ2) is 5.67. The average molecular weight is 333 g/mol. The van der Waals surface area contributed by atoms with Crippen LogP contribution in [-0.2, 0) is 6.54 Å². The van der Waals surface area contributed by atoms with Crippen molar-refractivity contribution >= 4 is 33.2 Å². The highest BCUT2D eigenvalue weighted by atomic mass is 79.9. The van der Waals surface area contributed by atoms with Gasteiger partial charge >= 0.3 is 0 Å². The molecule has 5 heteroatoms. The molecule has 0 fully saturated rings. The maximum absolute atomic E-state index is 13.5. The smallest absolute Gasteiger partial charge is 0.147 e. The molecule has 0 radical (unpaired) electrons. The normalized spacial score (nSPS) is 10.4. The second-order valence-electron chi connectivity index (χ2n) is 3.71. The van der Waals surface area contributed by atoms with Crippen molar-refractivity contribution in [3.8, 4) is 0 Å². The summed E-state index contributed by atoms with van der Waals surface area (Å²) in [4.78, 5) is 0. The number of anilines is 1. The average Bonchev–Trinajstić information content (AvgIpc) is 2.32. The highest BCUT2D eigenvalue weighted by molar-refractivity contribution is 9.10. The van der Waals surface area contributed by atoms with Gasteiger partial charge < -0.3 is 5.32 Å². The molecule has 0 saturated heterocycles. The highest BCUT2D eigenvalue weighted by Crippen LogP contribution is 2.22. The zero-order valence-electron chi connectivity index (χ0n) is 9.18. The van der Waals surface area contributed by atoms with Gasteiger partial charge in [-0.05, 0) is 42.0 Å². The fourth-order valence-electron chi connectivity index (χ4n) is 1.50. The van der Waals surface area contributed by atoms with Crippen LogP contribution in [0.1, 0.15) is 5.56 Å². The van der Waals surface area contributed by atoms with E-state index in [0.717, 1.165) is 0 Å². The van der Waals surface area contributed by atoms with Crippen LogP contribution in [0.5, 0.6) is 0 Å². The van der Waals surface area contributed by atoms with Gasteiger partial charge in [-0.15, -0.1) is 0 Å². The third-order valence-corrected chi connectivity index (χ3v) is 3.27. The van der Waals surface area contributed by atoms with Crippen LogP contribution in [-0.4, -0.2) is 0 Å². The number of halogens is 4. The van der Waals surface area contributed by atoms with E-state index in [2.05, 4.69) is 21.2 Å². The van der Waals surface area contributed by atoms with Crippen LogP contribution in [0.4, 0.5) is 14.5 Å². The molecule has 94 valence electrons. The van der Waals surface area contributed by atoms with Gasteiger partial charge in [-0.1, -0.05) is 27.5 Å². The molecule has 2 aromatic carbocycles. The van der Waals surface area contributed by atoms with E-state index in [1.54, 1.807) is 12.1 Å². The van der Waals surface area contributed by atoms with Crippen LogP contribution < -0.4 is 5.32 Å². The molecule has 0 amide bonds. The summed E-state index contributed by atoms with van der Waals surface area (Å²) in [5.41, 5.74) is 0.928. The second-order valence-corrected chi connectivity index (χ2v) is 5.04. The molecule has 0 aliphatic rings. The lowest BCUT2D eigenvalue weighted by Crippen LogP contribution is -2.02. The molecule has 1 N–H and O–H groups in total. The van der Waals surface area contributed by atoms with Crippen molar-refractivity contribution in [3.63, 3.8) is 0 Å². The Hall–Kier alpha value is -1.13. The third kappa shape index (κ3) is 3.21. The molecular formula is C13H9BrClF2N. The van der Waals surface area contributed by atoms with E-state index in [0.29, 0.717) is 20.7 Å². The monoisotopic (exact) mass is 331 g/mol. The number of nitrogens with one attached hydrogen (secondary N) is 1. The quantitative estimate of drug-likeness (QED) is 0.834. The summed E-state index contributed by atoms with van der Waals surface area (Å²) in [7, 11) is 0. The van der Waals surface area contributed by atoms with E-state index < -0.39 is 0 Å². The molecule has 0 bridgehead atoms. The number of hydrogen-bond acceptors (Lipinski definition) is 1. The Morgan fingerprint density at radius 3 is 2.61 bits per heavy atom. The zero-order valence-corrected chi connectivity index (χ0v) is 11.5. The highest BCUT2D eigenvalue weighted by Gasteiger charge is 2.05. The maximum Gasteiger partial charge on any atom is 0.147 e. The minimum Gasteiger partial charge on any atom is -0.379 e. The van der Waals surface area contributed by atoms with E-state index in [9.17, 15) is 8.78 Å². The zero-order chi connectivity index (χ0) is 13.1. The van der Waals surface area contributed by atoms with Gasteiger partial charge in [-0.25, -0.2) is 8.78 Å². The largest absolute Gasteiger partial charge is 0.379 e. The van der Waals surface area contributed by atoms with Crippen LogP contribution in [0.15, 0.2) is 40.9 Å². The summed E-state index contributed by atoms with van der Waals surface area (Å²) in [6, 6.07) is 8.77. The molecule has 2 rings (SSSR count). The van der Waals surface area contributed by atoms with Gasteiger partial charge in [0.2, 0.25) is 0 Å². The Balaban J connectivity index is 2.13. The van der Waals surface area contributed by atoms with Crippen molar-refractivity contribution < 1.29 is 8.78 Å². The summed E-state index contributed by atoms with van der Waals surface area (Å²) in [5, 5.41) is 3.32. The van der Waals surface area contributed by atoms with Crippen molar-refractivity contribution in [2.45, 2.75) is 6.54 Å². The van der Waals surface area contributed by atoms with E-state index in [4.69, 9.17) is 11.6 Å². The Labute approximate surface area is 117 Å². The fourth-order valence-corrected chi connectivity index (χ4v) is 2.02. The van der Waals surface area contributed by atoms with Gasteiger partial charge in [0.25, 0.3) is 0 Å². The van der Waals surface area contributed by atoms with Crippen LogP contribution in [0.2, 0.25) is 5.02 Å². The molecule has 18 heavy (non-hydrogen) atoms. The van der Waals surface area contributed by atoms with Gasteiger partial charge in [0, 0.05) is 16.0 Å². The molecule has 0 aromatic heterocycles. The van der Waals surface area contributed by atoms with Crippen molar-refractivity contribution in [3.05, 3.63) is 63.1 Å². The van der Waals surface area contributed by atoms with E-state index in [-0.39, 0.29) is 18.2 Å². The lowest BCUT2D eigenvalue weighted by atomic mass is 10.2. The molecule has 0 unspecified atom stereocenters. The number of rotatable bonds is 3. The number of hydrogen-bond donors (Lipinski definition) is 1. The maximum atomic E-state index is 13.5. The molecule has 0 spiro atoms. The SMILES string of the molecule is Fc1ccc(Cl)c(CNc2ccc(Br)cc2F)c1. The van der Waals surface area contributed by atoms with E-state index >= 15 is 0 Å². The van der Waals surface area contributed by atoms with E-state index in [1.165, 1.54) is 24.3 Å². The summed E-state index contributed by atoms with van der Waals surface area (Å²) in [5.74, 6) is -0.746. The topological polar surface area (TPSA) is 12.0 Å². The summed E-state index contributed by atoms with van der Waals surface area (Å²) >= 11 is 9.09. The van der Waals surface area contributed by atoms with Crippen molar-refractivity contribution in [2.75, 3.05) is 5.32 Å². The summed E-state index contributed by atoms with van der Waals surface area (Å²) in [6.07, 6.45) is 0. The predicted octanol–water partition coefficient (Wildman–Crippen LogP) is 4.99. The van der Waals surface area contributed by atoms with Crippen LogP contribution in [0.3, 0.4) is 0 Å². The van der Waals surface area contributed by atoms with Crippen LogP contribution in [0, 0.1) is 11.6 Å². The van der Waals surface area contributed by atoms with Crippen LogP contribution >= 0.6 is 27.5 Å². The van der Waals surface area contributed by atoms with Gasteiger partial charge in [-0.3, -0.25) is 0 Å². The first-order chi connectivity index (χ1) is 8.56. The van der Waals surface area contributed by atoms with Crippen molar-refractivity contribution in [1.82, 2.24) is 0 Å². The Morgan fingerprint density at radius 2 is 1.89 bits per heavy atom. The predicted molar refractivity (Wildman–Crippen MR) is 72.8 cm³/mol. The lowest BCUT2D eigenvalue weighted by molar-refractivity contribution is 0.625. The molecule has 0 atom stereocenters. The van der Waals surface area contributed by atoms with Crippen molar-refractivity contribution in [1.29, 1.82) is 0 Å². The standard InChI is InChI=1S/C13H9BrClF2N/c14-9-1-4-13(12(17)6-9)18-7-8-5-10(16)2-3-11(8)15/h1-6,18H,7H2. The van der Waals surface area contributed by atoms with Gasteiger partial charge in [0.15, 0.2) is 0 Å². The summed E-state index contributed by atoms with van der Waals surface area (Å²) < 4.78 is 27.2. The van der Waals surface area contributed by atoms with Crippen LogP contribution in [0.25, 0.3) is 0 Å². The molecular weight excluding hydrogens is 324 g/mol. The first-order valence-corrected chi connectivity index (χ1v) is 6.36. The Morgan fingerprint density at radius 1 is 1.11 bits per heavy atom. The molecule has 0 saturated carbocycles. The molecule has 0 heterocycles. The first kappa shape index (κ1) is 13.3. The molecule has 1 nitrogen and oxygen atoms in total. The molecule has 2 aromatic rings. The molecule has 0 aliphatic heterocycles. The Kier molecular flexibility index (Phi) is 4.19. The minimum atomic E-state index is -0.378. The lowest BCUT2D eigenvalue weighted by Gasteiger charge is -2.09. The van der Waals surface area contributed by atoms with Crippen molar-refractivity contribution in [2.24, 2.45) is 0 Å². The third-order valence-electron chi connectivity index (χ3n) is 2.41. The first-order valence-electron chi connectivity index (χ1n) is 5.19. The number of benzene rings is 2. The van der Waals surface area contributed by atoms with Gasteiger partial charge in [0.1, 0.15) is 11.6 Å². The summed E-state index contributed by atoms with van der Waals surface area (Å²) in [6.45, 7) is 0.259. The molecule has 0 aliphatic carbocycles. The van der Waals surface area contributed by atoms with E-state index in [1.807, 2.05) is 0 Å². The van der Waals surface area contributed by atoms with Gasteiger partial charge in [-0.2, -0.15) is 0 Å². The fraction of sp³-hybridized carbons (Fsp3) is 0.0769. The minimum absolute atomic E-state index is 0.259. The van der Waals surface area contributed by atoms with Gasteiger partial charge in [0.05, 0.1) is 5.69 Å².